The molecule has 0 radical (unpaired) electrons. The fourth-order valence-electron chi connectivity index (χ4n) is 3.07. The van der Waals surface area contributed by atoms with E-state index < -0.39 is 0 Å². The first-order chi connectivity index (χ1) is 9.83. The van der Waals surface area contributed by atoms with Crippen molar-refractivity contribution in [3.8, 4) is 0 Å². The Balaban J connectivity index is 1.51. The first-order valence-electron chi connectivity index (χ1n) is 7.93. The van der Waals surface area contributed by atoms with Crippen molar-refractivity contribution >= 4 is 5.91 Å². The zero-order valence-electron chi connectivity index (χ0n) is 12.0. The van der Waals surface area contributed by atoms with Gasteiger partial charge in [-0.05, 0) is 37.8 Å². The quantitative estimate of drug-likeness (QED) is 0.917. The molecule has 2 fully saturated rings. The molecule has 0 unspecified atom stereocenters. The summed E-state index contributed by atoms with van der Waals surface area (Å²) >= 11 is 0. The van der Waals surface area contributed by atoms with E-state index in [1.54, 1.807) is 0 Å². The van der Waals surface area contributed by atoms with Gasteiger partial charge in [-0.25, -0.2) is 0 Å². The molecule has 1 amide bonds. The summed E-state index contributed by atoms with van der Waals surface area (Å²) in [5.41, 5.74) is 1.98. The van der Waals surface area contributed by atoms with E-state index in [0.29, 0.717) is 12.5 Å². The lowest BCUT2D eigenvalue weighted by Gasteiger charge is -2.24. The van der Waals surface area contributed by atoms with Crippen LogP contribution in [0.25, 0.3) is 0 Å². The van der Waals surface area contributed by atoms with Gasteiger partial charge < -0.3 is 5.32 Å². The van der Waals surface area contributed by atoms with E-state index >= 15 is 0 Å². The highest BCUT2D eigenvalue weighted by atomic mass is 16.1. The topological polar surface area (TPSA) is 54.9 Å². The first kappa shape index (κ1) is 13.5. The summed E-state index contributed by atoms with van der Waals surface area (Å²) in [5.74, 6) is 1.01. The summed E-state index contributed by atoms with van der Waals surface area (Å²) in [5, 5.41) is 11.6. The third kappa shape index (κ3) is 3.17. The van der Waals surface area contributed by atoms with Gasteiger partial charge >= 0.3 is 0 Å². The number of hydrogen-bond acceptors (Lipinski definition) is 3. The Hall–Kier alpha value is -1.45. The Morgan fingerprint density at radius 3 is 2.45 bits per heavy atom. The molecule has 1 aromatic heterocycles. The number of rotatable bonds is 4. The van der Waals surface area contributed by atoms with Crippen LogP contribution in [0.1, 0.15) is 68.7 Å². The molecule has 2 aliphatic rings. The number of aromatic nitrogens is 2. The molecule has 0 saturated heterocycles. The maximum atomic E-state index is 11.8. The SMILES string of the molecule is O=C(NCc1ccc(C2CCCCC2)nn1)C1CCC1. The van der Waals surface area contributed by atoms with Gasteiger partial charge in [0.2, 0.25) is 5.91 Å². The van der Waals surface area contributed by atoms with Gasteiger partial charge in [-0.3, -0.25) is 4.79 Å². The molecular weight excluding hydrogens is 250 g/mol. The van der Waals surface area contributed by atoms with Crippen molar-refractivity contribution < 1.29 is 4.79 Å². The summed E-state index contributed by atoms with van der Waals surface area (Å²) in [6.07, 6.45) is 9.73. The van der Waals surface area contributed by atoms with Crippen LogP contribution in [-0.2, 0) is 11.3 Å². The molecule has 3 rings (SSSR count). The number of carbonyl (C=O) groups is 1. The molecule has 2 saturated carbocycles. The number of nitrogens with zero attached hydrogens (tertiary/aromatic N) is 2. The van der Waals surface area contributed by atoms with Crippen molar-refractivity contribution in [1.82, 2.24) is 15.5 Å². The fraction of sp³-hybridized carbons (Fsp3) is 0.688. The minimum absolute atomic E-state index is 0.175. The van der Waals surface area contributed by atoms with Gasteiger partial charge in [0.1, 0.15) is 0 Å². The van der Waals surface area contributed by atoms with Crippen molar-refractivity contribution in [2.75, 3.05) is 0 Å². The predicted molar refractivity (Wildman–Crippen MR) is 77.0 cm³/mol. The maximum absolute atomic E-state index is 11.8. The molecule has 0 spiro atoms. The minimum Gasteiger partial charge on any atom is -0.350 e. The van der Waals surface area contributed by atoms with Crippen molar-refractivity contribution in [3.05, 3.63) is 23.5 Å². The molecule has 1 aromatic rings. The fourth-order valence-corrected chi connectivity index (χ4v) is 3.07. The molecule has 108 valence electrons. The Morgan fingerprint density at radius 1 is 1.05 bits per heavy atom. The van der Waals surface area contributed by atoms with E-state index in [0.717, 1.165) is 24.2 Å². The van der Waals surface area contributed by atoms with Crippen molar-refractivity contribution in [1.29, 1.82) is 0 Å². The average Bonchev–Trinajstić information content (AvgIpc) is 2.45. The Labute approximate surface area is 120 Å². The van der Waals surface area contributed by atoms with E-state index in [1.807, 2.05) is 6.07 Å². The Bertz CT molecular complexity index is 447. The van der Waals surface area contributed by atoms with Crippen LogP contribution in [0.5, 0.6) is 0 Å². The van der Waals surface area contributed by atoms with E-state index in [-0.39, 0.29) is 11.8 Å². The van der Waals surface area contributed by atoms with E-state index in [1.165, 1.54) is 38.5 Å². The van der Waals surface area contributed by atoms with Crippen LogP contribution < -0.4 is 5.32 Å². The Kier molecular flexibility index (Phi) is 4.28. The van der Waals surface area contributed by atoms with Crippen LogP contribution in [0.2, 0.25) is 0 Å². The molecule has 20 heavy (non-hydrogen) atoms. The summed E-state index contributed by atoms with van der Waals surface area (Å²) < 4.78 is 0. The molecule has 0 bridgehead atoms. The summed E-state index contributed by atoms with van der Waals surface area (Å²) in [6, 6.07) is 4.10. The van der Waals surface area contributed by atoms with Crippen LogP contribution in [0.4, 0.5) is 0 Å². The van der Waals surface area contributed by atoms with Crippen LogP contribution >= 0.6 is 0 Å². The number of hydrogen-bond donors (Lipinski definition) is 1. The van der Waals surface area contributed by atoms with Crippen molar-refractivity contribution in [2.24, 2.45) is 5.92 Å². The third-order valence-corrected chi connectivity index (χ3v) is 4.68. The van der Waals surface area contributed by atoms with Gasteiger partial charge in [-0.15, -0.1) is 0 Å². The molecule has 1 N–H and O–H groups in total. The highest BCUT2D eigenvalue weighted by Crippen LogP contribution is 2.31. The zero-order valence-corrected chi connectivity index (χ0v) is 12.0. The number of amides is 1. The van der Waals surface area contributed by atoms with Crippen LogP contribution in [-0.4, -0.2) is 16.1 Å². The van der Waals surface area contributed by atoms with Gasteiger partial charge in [0.15, 0.2) is 0 Å². The Morgan fingerprint density at radius 2 is 1.85 bits per heavy atom. The second-order valence-electron chi connectivity index (χ2n) is 6.13. The second kappa shape index (κ2) is 6.33. The third-order valence-electron chi connectivity index (χ3n) is 4.68. The van der Waals surface area contributed by atoms with E-state index in [2.05, 4.69) is 21.6 Å². The molecule has 4 heteroatoms. The molecule has 0 aromatic carbocycles. The largest absolute Gasteiger partial charge is 0.350 e. The lowest BCUT2D eigenvalue weighted by atomic mass is 9.85. The van der Waals surface area contributed by atoms with Crippen LogP contribution in [0, 0.1) is 5.92 Å². The van der Waals surface area contributed by atoms with Crippen molar-refractivity contribution in [3.63, 3.8) is 0 Å². The van der Waals surface area contributed by atoms with Crippen LogP contribution in [0.15, 0.2) is 12.1 Å². The lowest BCUT2D eigenvalue weighted by molar-refractivity contribution is -0.127. The molecule has 4 nitrogen and oxygen atoms in total. The second-order valence-corrected chi connectivity index (χ2v) is 6.13. The predicted octanol–water partition coefficient (Wildman–Crippen LogP) is 2.94. The van der Waals surface area contributed by atoms with Gasteiger partial charge in [0.05, 0.1) is 17.9 Å². The zero-order chi connectivity index (χ0) is 13.8. The summed E-state index contributed by atoms with van der Waals surface area (Å²) in [7, 11) is 0. The number of nitrogens with one attached hydrogen (secondary N) is 1. The minimum atomic E-state index is 0.175. The highest BCUT2D eigenvalue weighted by molar-refractivity contribution is 5.79. The van der Waals surface area contributed by atoms with Gasteiger partial charge in [0, 0.05) is 11.8 Å². The monoisotopic (exact) mass is 273 g/mol. The van der Waals surface area contributed by atoms with Crippen LogP contribution in [0.3, 0.4) is 0 Å². The summed E-state index contributed by atoms with van der Waals surface area (Å²) in [6.45, 7) is 0.507. The number of carbonyl (C=O) groups excluding carboxylic acids is 1. The average molecular weight is 273 g/mol. The lowest BCUT2D eigenvalue weighted by Crippen LogP contribution is -2.34. The van der Waals surface area contributed by atoms with Crippen molar-refractivity contribution in [2.45, 2.75) is 63.8 Å². The standard InChI is InChI=1S/C16H23N3O/c20-16(13-7-4-8-13)17-11-14-9-10-15(19-18-14)12-5-2-1-3-6-12/h9-10,12-13H,1-8,11H2,(H,17,20). The van der Waals surface area contributed by atoms with E-state index in [9.17, 15) is 4.79 Å². The molecule has 0 atom stereocenters. The highest BCUT2D eigenvalue weighted by Gasteiger charge is 2.24. The smallest absolute Gasteiger partial charge is 0.223 e. The normalized spacial score (nSPS) is 20.4. The molecule has 1 heterocycles. The van der Waals surface area contributed by atoms with E-state index in [4.69, 9.17) is 0 Å². The molecule has 2 aliphatic carbocycles. The molecular formula is C16H23N3O. The maximum Gasteiger partial charge on any atom is 0.223 e. The van der Waals surface area contributed by atoms with Gasteiger partial charge in [-0.1, -0.05) is 25.7 Å². The van der Waals surface area contributed by atoms with Gasteiger partial charge in [-0.2, -0.15) is 10.2 Å². The summed E-state index contributed by atoms with van der Waals surface area (Å²) in [4.78, 5) is 11.8. The van der Waals surface area contributed by atoms with Gasteiger partial charge in [0.25, 0.3) is 0 Å². The molecule has 0 aliphatic heterocycles. The first-order valence-corrected chi connectivity index (χ1v) is 7.93.